The van der Waals surface area contributed by atoms with Crippen molar-refractivity contribution in [2.75, 3.05) is 0 Å². The predicted molar refractivity (Wildman–Crippen MR) is 126 cm³/mol. The molecule has 0 N–H and O–H groups in total. The molecular weight excluding hydrogens is 364 g/mol. The average molecular weight is 384 g/mol. The Morgan fingerprint density at radius 1 is 0.633 bits per heavy atom. The summed E-state index contributed by atoms with van der Waals surface area (Å²) in [4.78, 5) is 4.77. The Balaban J connectivity index is 1.77. The summed E-state index contributed by atoms with van der Waals surface area (Å²) >= 11 is 0. The summed E-state index contributed by atoms with van der Waals surface area (Å²) in [6.07, 6.45) is 1.94. The third-order valence-electron chi connectivity index (χ3n) is 5.89. The second-order valence-corrected chi connectivity index (χ2v) is 7.81. The number of hydrogen-bond donors (Lipinski definition) is 0. The van der Waals surface area contributed by atoms with E-state index in [0.29, 0.717) is 0 Å². The van der Waals surface area contributed by atoms with Crippen LogP contribution in [-0.4, -0.2) is 9.55 Å². The number of benzene rings is 4. The maximum atomic E-state index is 4.77. The number of fused-ring (bicyclic) bond motifs is 5. The normalized spacial score (nSPS) is 11.5. The van der Waals surface area contributed by atoms with E-state index in [1.54, 1.807) is 0 Å². The summed E-state index contributed by atoms with van der Waals surface area (Å²) < 4.78 is 2.29. The fraction of sp³-hybridized carbons (Fsp3) is 0.0357. The van der Waals surface area contributed by atoms with Crippen molar-refractivity contribution in [1.82, 2.24) is 9.55 Å². The standard InChI is InChI=1S/C28H20N2/c1-19-11-16-27(29-18-19)30-25-15-13-21-9-5-6-10-23(21)28(25)24-14-12-22(17-26(24)30)20-7-3-2-4-8-20/h2-18H,1H3. The topological polar surface area (TPSA) is 17.8 Å². The summed E-state index contributed by atoms with van der Waals surface area (Å²) in [5.74, 6) is 0.945. The molecule has 0 bridgehead atoms. The maximum Gasteiger partial charge on any atom is 0.137 e. The quantitative estimate of drug-likeness (QED) is 0.306. The van der Waals surface area contributed by atoms with E-state index in [1.807, 2.05) is 6.20 Å². The summed E-state index contributed by atoms with van der Waals surface area (Å²) in [6.45, 7) is 2.07. The Labute approximate surface area is 175 Å². The second-order valence-electron chi connectivity index (χ2n) is 7.81. The van der Waals surface area contributed by atoms with Gasteiger partial charge in [-0.25, -0.2) is 4.98 Å². The molecule has 0 aliphatic carbocycles. The van der Waals surface area contributed by atoms with Crippen LogP contribution in [0.15, 0.2) is 103 Å². The van der Waals surface area contributed by atoms with E-state index in [9.17, 15) is 0 Å². The zero-order chi connectivity index (χ0) is 20.1. The molecule has 2 aromatic heterocycles. The molecule has 0 aliphatic rings. The van der Waals surface area contributed by atoms with Crippen LogP contribution in [0.1, 0.15) is 5.56 Å². The van der Waals surface area contributed by atoms with E-state index < -0.39 is 0 Å². The molecule has 0 fully saturated rings. The van der Waals surface area contributed by atoms with E-state index in [2.05, 4.69) is 109 Å². The Bertz CT molecular complexity index is 1520. The molecule has 0 saturated heterocycles. The summed E-state index contributed by atoms with van der Waals surface area (Å²) in [5, 5.41) is 5.07. The minimum atomic E-state index is 0.945. The van der Waals surface area contributed by atoms with Crippen molar-refractivity contribution >= 4 is 32.6 Å². The lowest BCUT2D eigenvalue weighted by molar-refractivity contribution is 1.07. The Morgan fingerprint density at radius 2 is 1.47 bits per heavy atom. The lowest BCUT2D eigenvalue weighted by Gasteiger charge is -2.08. The van der Waals surface area contributed by atoms with E-state index in [-0.39, 0.29) is 0 Å². The number of aromatic nitrogens is 2. The molecular formula is C28H20N2. The molecule has 0 unspecified atom stereocenters. The summed E-state index contributed by atoms with van der Waals surface area (Å²) in [7, 11) is 0. The highest BCUT2D eigenvalue weighted by atomic mass is 15.1. The van der Waals surface area contributed by atoms with Crippen LogP contribution in [0, 0.1) is 6.92 Å². The van der Waals surface area contributed by atoms with Gasteiger partial charge in [-0.05, 0) is 52.6 Å². The van der Waals surface area contributed by atoms with E-state index in [0.717, 1.165) is 11.4 Å². The third kappa shape index (κ3) is 2.54. The van der Waals surface area contributed by atoms with Crippen LogP contribution in [0.25, 0.3) is 49.5 Å². The number of hydrogen-bond acceptors (Lipinski definition) is 1. The van der Waals surface area contributed by atoms with E-state index >= 15 is 0 Å². The Hall–Kier alpha value is -3.91. The first-order valence-electron chi connectivity index (χ1n) is 10.2. The van der Waals surface area contributed by atoms with Crippen molar-refractivity contribution in [2.24, 2.45) is 0 Å². The van der Waals surface area contributed by atoms with Gasteiger partial charge < -0.3 is 0 Å². The molecule has 0 radical (unpaired) electrons. The van der Waals surface area contributed by atoms with Crippen molar-refractivity contribution in [2.45, 2.75) is 6.92 Å². The van der Waals surface area contributed by atoms with Gasteiger partial charge in [0.1, 0.15) is 5.82 Å². The van der Waals surface area contributed by atoms with Crippen molar-refractivity contribution in [1.29, 1.82) is 0 Å². The van der Waals surface area contributed by atoms with Gasteiger partial charge in [0.15, 0.2) is 0 Å². The van der Waals surface area contributed by atoms with Crippen molar-refractivity contribution in [3.8, 4) is 16.9 Å². The van der Waals surface area contributed by atoms with Crippen LogP contribution in [0.4, 0.5) is 0 Å². The van der Waals surface area contributed by atoms with Crippen molar-refractivity contribution in [3.05, 3.63) is 109 Å². The van der Waals surface area contributed by atoms with Gasteiger partial charge >= 0.3 is 0 Å². The van der Waals surface area contributed by atoms with Gasteiger partial charge in [0.2, 0.25) is 0 Å². The highest BCUT2D eigenvalue weighted by Crippen LogP contribution is 2.38. The largest absolute Gasteiger partial charge is 0.294 e. The lowest BCUT2D eigenvalue weighted by atomic mass is 10.0. The van der Waals surface area contributed by atoms with Crippen molar-refractivity contribution < 1.29 is 0 Å². The first-order valence-corrected chi connectivity index (χ1v) is 10.2. The zero-order valence-electron chi connectivity index (χ0n) is 16.7. The number of rotatable bonds is 2. The highest BCUT2D eigenvalue weighted by molar-refractivity contribution is 6.21. The fourth-order valence-electron chi connectivity index (χ4n) is 4.44. The number of aryl methyl sites for hydroxylation is 1. The van der Waals surface area contributed by atoms with Crippen LogP contribution in [0.3, 0.4) is 0 Å². The molecule has 4 aromatic carbocycles. The molecule has 142 valence electrons. The third-order valence-corrected chi connectivity index (χ3v) is 5.89. The van der Waals surface area contributed by atoms with Gasteiger partial charge in [0, 0.05) is 17.0 Å². The number of nitrogens with zero attached hydrogens (tertiary/aromatic N) is 2. The second kappa shape index (κ2) is 6.57. The van der Waals surface area contributed by atoms with Crippen LogP contribution < -0.4 is 0 Å². The molecule has 0 aliphatic heterocycles. The minimum absolute atomic E-state index is 0.945. The molecule has 0 saturated carbocycles. The van der Waals surface area contributed by atoms with Gasteiger partial charge in [0.05, 0.1) is 11.0 Å². The molecule has 2 nitrogen and oxygen atoms in total. The van der Waals surface area contributed by atoms with Crippen LogP contribution in [0.5, 0.6) is 0 Å². The van der Waals surface area contributed by atoms with Crippen LogP contribution >= 0.6 is 0 Å². The Morgan fingerprint density at radius 3 is 2.30 bits per heavy atom. The number of pyridine rings is 1. The van der Waals surface area contributed by atoms with Crippen molar-refractivity contribution in [3.63, 3.8) is 0 Å². The fourth-order valence-corrected chi connectivity index (χ4v) is 4.44. The van der Waals surface area contributed by atoms with Gasteiger partial charge in [0.25, 0.3) is 0 Å². The molecule has 2 heterocycles. The van der Waals surface area contributed by atoms with Gasteiger partial charge in [-0.15, -0.1) is 0 Å². The van der Waals surface area contributed by atoms with Crippen LogP contribution in [-0.2, 0) is 0 Å². The van der Waals surface area contributed by atoms with Gasteiger partial charge in [-0.2, -0.15) is 0 Å². The van der Waals surface area contributed by atoms with E-state index in [4.69, 9.17) is 4.98 Å². The van der Waals surface area contributed by atoms with Gasteiger partial charge in [-0.1, -0.05) is 78.9 Å². The smallest absolute Gasteiger partial charge is 0.137 e. The molecule has 2 heteroatoms. The molecule has 0 atom stereocenters. The maximum absolute atomic E-state index is 4.77. The summed E-state index contributed by atoms with van der Waals surface area (Å²) in [6, 6.07) is 34.6. The monoisotopic (exact) mass is 384 g/mol. The molecule has 0 amide bonds. The molecule has 0 spiro atoms. The average Bonchev–Trinajstić information content (AvgIpc) is 3.14. The first-order chi connectivity index (χ1) is 14.8. The predicted octanol–water partition coefficient (Wildman–Crippen LogP) is 7.31. The zero-order valence-corrected chi connectivity index (χ0v) is 16.7. The lowest BCUT2D eigenvalue weighted by Crippen LogP contribution is -1.97. The minimum Gasteiger partial charge on any atom is -0.294 e. The van der Waals surface area contributed by atoms with Crippen LogP contribution in [0.2, 0.25) is 0 Å². The Kier molecular flexibility index (Phi) is 3.72. The van der Waals surface area contributed by atoms with Gasteiger partial charge in [-0.3, -0.25) is 4.57 Å². The first kappa shape index (κ1) is 17.0. The SMILES string of the molecule is Cc1ccc(-n2c3cc(-c4ccccc4)ccc3c3c4ccccc4ccc32)nc1. The molecule has 30 heavy (non-hydrogen) atoms. The molecule has 6 rings (SSSR count). The summed E-state index contributed by atoms with van der Waals surface area (Å²) in [5.41, 5.74) is 5.96. The van der Waals surface area contributed by atoms with E-state index in [1.165, 1.54) is 43.7 Å². The molecule has 6 aromatic rings. The highest BCUT2D eigenvalue weighted by Gasteiger charge is 2.16.